The van der Waals surface area contributed by atoms with E-state index in [0.29, 0.717) is 24.3 Å². The largest absolute Gasteiger partial charge is 0.368 e. The van der Waals surface area contributed by atoms with Crippen molar-refractivity contribution >= 4 is 17.5 Å². The Hall–Kier alpha value is -1.69. The number of rotatable bonds is 5. The maximum atomic E-state index is 11.8. The van der Waals surface area contributed by atoms with Crippen LogP contribution in [0.3, 0.4) is 0 Å². The van der Waals surface area contributed by atoms with E-state index >= 15 is 0 Å². The number of nitrogens with one attached hydrogen (secondary N) is 2. The number of amides is 1. The van der Waals surface area contributed by atoms with Gasteiger partial charge in [-0.2, -0.15) is 0 Å². The molecule has 0 saturated carbocycles. The SMILES string of the molecule is CCC(C)Nc1ccc(NC(=O)C2CCCO2)nn1. The highest BCUT2D eigenvalue weighted by Crippen LogP contribution is 2.14. The third kappa shape index (κ3) is 3.89. The first-order chi connectivity index (χ1) is 9.19. The molecule has 2 unspecified atom stereocenters. The first kappa shape index (κ1) is 13.7. The molecule has 104 valence electrons. The van der Waals surface area contributed by atoms with Crippen molar-refractivity contribution in [2.45, 2.75) is 45.3 Å². The summed E-state index contributed by atoms with van der Waals surface area (Å²) in [4.78, 5) is 11.8. The molecule has 0 aromatic carbocycles. The van der Waals surface area contributed by atoms with Gasteiger partial charge >= 0.3 is 0 Å². The summed E-state index contributed by atoms with van der Waals surface area (Å²) in [6.07, 6.45) is 2.37. The Morgan fingerprint density at radius 2 is 2.21 bits per heavy atom. The Kier molecular flexibility index (Phi) is 4.68. The monoisotopic (exact) mass is 264 g/mol. The second-order valence-electron chi connectivity index (χ2n) is 4.75. The minimum Gasteiger partial charge on any atom is -0.368 e. The van der Waals surface area contributed by atoms with Crippen molar-refractivity contribution in [3.05, 3.63) is 12.1 Å². The Morgan fingerprint density at radius 1 is 1.47 bits per heavy atom. The molecule has 0 spiro atoms. The number of ether oxygens (including phenoxy) is 1. The van der Waals surface area contributed by atoms with Crippen LogP contribution in [0.2, 0.25) is 0 Å². The standard InChI is InChI=1S/C13H20N4O2/c1-3-9(2)14-11-6-7-12(17-16-11)15-13(18)10-5-4-8-19-10/h6-7,9-10H,3-5,8H2,1-2H3,(H,14,16)(H,15,17,18). The average molecular weight is 264 g/mol. The molecule has 6 heteroatoms. The predicted molar refractivity (Wildman–Crippen MR) is 73.0 cm³/mol. The Bertz CT molecular complexity index is 415. The lowest BCUT2D eigenvalue weighted by Gasteiger charge is -2.12. The van der Waals surface area contributed by atoms with Gasteiger partial charge in [-0.15, -0.1) is 10.2 Å². The van der Waals surface area contributed by atoms with Crippen LogP contribution in [-0.4, -0.2) is 34.9 Å². The number of hydrogen-bond acceptors (Lipinski definition) is 5. The van der Waals surface area contributed by atoms with Gasteiger partial charge in [0.1, 0.15) is 11.9 Å². The van der Waals surface area contributed by atoms with E-state index < -0.39 is 0 Å². The van der Waals surface area contributed by atoms with Crippen LogP contribution in [0, 0.1) is 0 Å². The smallest absolute Gasteiger partial charge is 0.254 e. The molecule has 1 amide bonds. The van der Waals surface area contributed by atoms with Crippen molar-refractivity contribution in [2.75, 3.05) is 17.2 Å². The van der Waals surface area contributed by atoms with E-state index in [2.05, 4.69) is 34.7 Å². The average Bonchev–Trinajstić information content (AvgIpc) is 2.95. The van der Waals surface area contributed by atoms with Crippen LogP contribution in [0.4, 0.5) is 11.6 Å². The summed E-state index contributed by atoms with van der Waals surface area (Å²) < 4.78 is 5.31. The van der Waals surface area contributed by atoms with Crippen LogP contribution in [0.15, 0.2) is 12.1 Å². The molecular weight excluding hydrogens is 244 g/mol. The highest BCUT2D eigenvalue weighted by Gasteiger charge is 2.23. The minimum atomic E-state index is -0.347. The van der Waals surface area contributed by atoms with E-state index in [1.165, 1.54) is 0 Å². The van der Waals surface area contributed by atoms with Crippen LogP contribution in [-0.2, 0) is 9.53 Å². The number of anilines is 2. The van der Waals surface area contributed by atoms with Crippen molar-refractivity contribution < 1.29 is 9.53 Å². The molecule has 0 aliphatic carbocycles. The number of hydrogen-bond donors (Lipinski definition) is 2. The molecule has 2 atom stereocenters. The highest BCUT2D eigenvalue weighted by atomic mass is 16.5. The topological polar surface area (TPSA) is 76.1 Å². The first-order valence-corrected chi connectivity index (χ1v) is 6.71. The number of nitrogens with zero attached hydrogens (tertiary/aromatic N) is 2. The molecule has 1 fully saturated rings. The van der Waals surface area contributed by atoms with Gasteiger partial charge in [0.2, 0.25) is 0 Å². The molecule has 1 aliphatic rings. The van der Waals surface area contributed by atoms with Crippen LogP contribution in [0.1, 0.15) is 33.1 Å². The summed E-state index contributed by atoms with van der Waals surface area (Å²) in [7, 11) is 0. The molecule has 0 radical (unpaired) electrons. The summed E-state index contributed by atoms with van der Waals surface area (Å²) >= 11 is 0. The summed E-state index contributed by atoms with van der Waals surface area (Å²) in [6, 6.07) is 3.90. The van der Waals surface area contributed by atoms with E-state index in [1.807, 2.05) is 6.07 Å². The van der Waals surface area contributed by atoms with Gasteiger partial charge in [-0.05, 0) is 38.3 Å². The van der Waals surface area contributed by atoms with Crippen LogP contribution in [0.25, 0.3) is 0 Å². The molecular formula is C13H20N4O2. The van der Waals surface area contributed by atoms with Crippen LogP contribution < -0.4 is 10.6 Å². The molecule has 6 nitrogen and oxygen atoms in total. The Morgan fingerprint density at radius 3 is 2.79 bits per heavy atom. The molecule has 1 aromatic heterocycles. The highest BCUT2D eigenvalue weighted by molar-refractivity contribution is 5.93. The second kappa shape index (κ2) is 6.47. The quantitative estimate of drug-likeness (QED) is 0.848. The van der Waals surface area contributed by atoms with Crippen LogP contribution in [0.5, 0.6) is 0 Å². The van der Waals surface area contributed by atoms with E-state index in [-0.39, 0.29) is 12.0 Å². The predicted octanol–water partition coefficient (Wildman–Crippen LogP) is 1.80. The molecule has 0 bridgehead atoms. The van der Waals surface area contributed by atoms with Gasteiger partial charge in [0.05, 0.1) is 0 Å². The van der Waals surface area contributed by atoms with Crippen molar-refractivity contribution in [1.82, 2.24) is 10.2 Å². The zero-order valence-corrected chi connectivity index (χ0v) is 11.3. The Balaban J connectivity index is 1.89. The van der Waals surface area contributed by atoms with Crippen molar-refractivity contribution in [2.24, 2.45) is 0 Å². The second-order valence-corrected chi connectivity index (χ2v) is 4.75. The van der Waals surface area contributed by atoms with Crippen molar-refractivity contribution in [1.29, 1.82) is 0 Å². The van der Waals surface area contributed by atoms with Gasteiger partial charge in [0, 0.05) is 12.6 Å². The molecule has 19 heavy (non-hydrogen) atoms. The molecule has 2 heterocycles. The van der Waals surface area contributed by atoms with Crippen molar-refractivity contribution in [3.8, 4) is 0 Å². The van der Waals surface area contributed by atoms with Gasteiger partial charge in [-0.25, -0.2) is 0 Å². The molecule has 1 aliphatic heterocycles. The first-order valence-electron chi connectivity index (χ1n) is 6.71. The molecule has 2 rings (SSSR count). The van der Waals surface area contributed by atoms with Gasteiger partial charge in [-0.3, -0.25) is 4.79 Å². The van der Waals surface area contributed by atoms with Crippen molar-refractivity contribution in [3.63, 3.8) is 0 Å². The van der Waals surface area contributed by atoms with Gasteiger partial charge in [-0.1, -0.05) is 6.92 Å². The maximum Gasteiger partial charge on any atom is 0.254 e. The zero-order valence-electron chi connectivity index (χ0n) is 11.3. The third-order valence-corrected chi connectivity index (χ3v) is 3.14. The lowest BCUT2D eigenvalue weighted by Crippen LogP contribution is -2.27. The van der Waals surface area contributed by atoms with Gasteiger partial charge in [0.15, 0.2) is 5.82 Å². The fraction of sp³-hybridized carbons (Fsp3) is 0.615. The van der Waals surface area contributed by atoms with Crippen LogP contribution >= 0.6 is 0 Å². The minimum absolute atomic E-state index is 0.144. The third-order valence-electron chi connectivity index (χ3n) is 3.14. The fourth-order valence-electron chi connectivity index (χ4n) is 1.82. The lowest BCUT2D eigenvalue weighted by atomic mass is 10.2. The molecule has 1 saturated heterocycles. The number of carbonyl (C=O) groups excluding carboxylic acids is 1. The lowest BCUT2D eigenvalue weighted by molar-refractivity contribution is -0.124. The summed E-state index contributed by atoms with van der Waals surface area (Å²) in [6.45, 7) is 4.83. The zero-order chi connectivity index (χ0) is 13.7. The summed E-state index contributed by atoms with van der Waals surface area (Å²) in [5.74, 6) is 1.02. The normalized spacial score (nSPS) is 20.0. The summed E-state index contributed by atoms with van der Waals surface area (Å²) in [5, 5.41) is 13.9. The van der Waals surface area contributed by atoms with E-state index in [1.54, 1.807) is 6.07 Å². The maximum absolute atomic E-state index is 11.8. The number of aromatic nitrogens is 2. The number of carbonyl (C=O) groups is 1. The molecule has 1 aromatic rings. The fourth-order valence-corrected chi connectivity index (χ4v) is 1.82. The van der Waals surface area contributed by atoms with E-state index in [4.69, 9.17) is 4.74 Å². The van der Waals surface area contributed by atoms with E-state index in [0.717, 1.165) is 19.3 Å². The summed E-state index contributed by atoms with van der Waals surface area (Å²) in [5.41, 5.74) is 0. The van der Waals surface area contributed by atoms with Gasteiger partial charge in [0.25, 0.3) is 5.91 Å². The van der Waals surface area contributed by atoms with Gasteiger partial charge < -0.3 is 15.4 Å². The van der Waals surface area contributed by atoms with E-state index in [9.17, 15) is 4.79 Å². The molecule has 2 N–H and O–H groups in total. The Labute approximate surface area is 112 Å².